The monoisotopic (exact) mass is 334 g/mol. The predicted octanol–water partition coefficient (Wildman–Crippen LogP) is 4.11. The van der Waals surface area contributed by atoms with E-state index in [0.29, 0.717) is 18.6 Å². The van der Waals surface area contributed by atoms with Gasteiger partial charge in [-0.25, -0.2) is 0 Å². The van der Waals surface area contributed by atoms with E-state index in [2.05, 4.69) is 10.5 Å². The van der Waals surface area contributed by atoms with Gasteiger partial charge in [-0.3, -0.25) is 25.7 Å². The molecule has 0 amide bonds. The number of alkyl halides is 3. The molecule has 0 saturated carbocycles. The molecule has 0 bridgehead atoms. The lowest BCUT2D eigenvalue weighted by atomic mass is 10.1. The minimum absolute atomic E-state index is 0.236. The molecule has 126 valence electrons. The number of nitrogens with one attached hydrogen (secondary N) is 1. The first-order valence-electron chi connectivity index (χ1n) is 6.41. The van der Waals surface area contributed by atoms with Crippen molar-refractivity contribution in [3.05, 3.63) is 37.9 Å². The van der Waals surface area contributed by atoms with Gasteiger partial charge in [0.2, 0.25) is 5.69 Å². The molecule has 0 aliphatic carbocycles. The van der Waals surface area contributed by atoms with Crippen LogP contribution in [0.5, 0.6) is 0 Å². The molecule has 1 aromatic rings. The van der Waals surface area contributed by atoms with Crippen LogP contribution in [-0.2, 0) is 6.18 Å². The Morgan fingerprint density at radius 3 is 2.04 bits per heavy atom. The maximum atomic E-state index is 12.7. The highest BCUT2D eigenvalue weighted by Gasteiger charge is 2.37. The Kier molecular flexibility index (Phi) is 5.60. The van der Waals surface area contributed by atoms with Gasteiger partial charge in [0.25, 0.3) is 0 Å². The minimum atomic E-state index is -4.95. The Balaban J connectivity index is 3.50. The number of nitro groups is 2. The van der Waals surface area contributed by atoms with Crippen LogP contribution in [0.15, 0.2) is 17.2 Å². The Bertz CT molecular complexity index is 623. The molecule has 0 heterocycles. The molecule has 0 spiro atoms. The SMILES string of the molecule is CCC/C(C)=N\Nc1c([N+](=O)[O-])cc(C(F)(F)F)cc1[N+](=O)[O-]. The molecule has 0 radical (unpaired) electrons. The van der Waals surface area contributed by atoms with E-state index in [0.717, 1.165) is 0 Å². The van der Waals surface area contributed by atoms with Crippen LogP contribution in [0, 0.1) is 20.2 Å². The first-order chi connectivity index (χ1) is 10.6. The smallest absolute Gasteiger partial charge is 0.266 e. The van der Waals surface area contributed by atoms with Crippen LogP contribution in [0.3, 0.4) is 0 Å². The van der Waals surface area contributed by atoms with Gasteiger partial charge in [-0.1, -0.05) is 13.3 Å². The van der Waals surface area contributed by atoms with Crippen molar-refractivity contribution in [3.63, 3.8) is 0 Å². The maximum absolute atomic E-state index is 12.7. The molecule has 8 nitrogen and oxygen atoms in total. The maximum Gasteiger partial charge on any atom is 0.416 e. The molecule has 11 heteroatoms. The third-order valence-corrected chi connectivity index (χ3v) is 2.79. The summed E-state index contributed by atoms with van der Waals surface area (Å²) in [7, 11) is 0. The van der Waals surface area contributed by atoms with Crippen molar-refractivity contribution in [2.24, 2.45) is 5.10 Å². The third-order valence-electron chi connectivity index (χ3n) is 2.79. The molecule has 1 aromatic carbocycles. The number of nitro benzene ring substituents is 2. The van der Waals surface area contributed by atoms with E-state index in [1.807, 2.05) is 6.92 Å². The summed E-state index contributed by atoms with van der Waals surface area (Å²) in [6.07, 6.45) is -3.71. The van der Waals surface area contributed by atoms with Crippen molar-refractivity contribution >= 4 is 22.8 Å². The molecule has 0 atom stereocenters. The van der Waals surface area contributed by atoms with E-state index in [1.54, 1.807) is 6.92 Å². The molecule has 0 aromatic heterocycles. The molecule has 1 N–H and O–H groups in total. The molecular weight excluding hydrogens is 321 g/mol. The highest BCUT2D eigenvalue weighted by molar-refractivity contribution is 5.84. The normalized spacial score (nSPS) is 12.1. The lowest BCUT2D eigenvalue weighted by Gasteiger charge is -2.10. The van der Waals surface area contributed by atoms with Crippen molar-refractivity contribution in [3.8, 4) is 0 Å². The number of anilines is 1. The second-order valence-corrected chi connectivity index (χ2v) is 4.61. The number of hydrogen-bond acceptors (Lipinski definition) is 6. The number of benzene rings is 1. The summed E-state index contributed by atoms with van der Waals surface area (Å²) in [5.41, 5.74) is -1.67. The first-order valence-corrected chi connectivity index (χ1v) is 6.41. The predicted molar refractivity (Wildman–Crippen MR) is 76.4 cm³/mol. The summed E-state index contributed by atoms with van der Waals surface area (Å²) in [6, 6.07) is 0.472. The van der Waals surface area contributed by atoms with Gasteiger partial charge in [0, 0.05) is 17.8 Å². The van der Waals surface area contributed by atoms with Crippen LogP contribution >= 0.6 is 0 Å². The Morgan fingerprint density at radius 1 is 1.22 bits per heavy atom. The topological polar surface area (TPSA) is 111 Å². The first kappa shape index (κ1) is 18.3. The largest absolute Gasteiger partial charge is 0.416 e. The number of rotatable bonds is 6. The molecule has 1 rings (SSSR count). The Labute approximate surface area is 128 Å². The average Bonchev–Trinajstić information content (AvgIpc) is 2.43. The summed E-state index contributed by atoms with van der Waals surface area (Å²) in [4.78, 5) is 19.7. The van der Waals surface area contributed by atoms with Crippen LogP contribution in [0.4, 0.5) is 30.2 Å². The van der Waals surface area contributed by atoms with E-state index in [9.17, 15) is 33.4 Å². The fourth-order valence-electron chi connectivity index (χ4n) is 1.75. The summed E-state index contributed by atoms with van der Waals surface area (Å²) in [5.74, 6) is 0. The van der Waals surface area contributed by atoms with Gasteiger partial charge >= 0.3 is 17.6 Å². The van der Waals surface area contributed by atoms with Gasteiger partial charge in [-0.15, -0.1) is 0 Å². The lowest BCUT2D eigenvalue weighted by molar-refractivity contribution is -0.392. The van der Waals surface area contributed by atoms with Crippen LogP contribution < -0.4 is 5.43 Å². The Hall–Kier alpha value is -2.72. The van der Waals surface area contributed by atoms with Crippen molar-refractivity contribution in [1.82, 2.24) is 0 Å². The van der Waals surface area contributed by atoms with Gasteiger partial charge in [-0.2, -0.15) is 18.3 Å². The quantitative estimate of drug-likeness (QED) is 0.478. The average molecular weight is 334 g/mol. The fourth-order valence-corrected chi connectivity index (χ4v) is 1.75. The van der Waals surface area contributed by atoms with Gasteiger partial charge < -0.3 is 0 Å². The molecule has 0 fully saturated rings. The van der Waals surface area contributed by atoms with E-state index in [4.69, 9.17) is 0 Å². The van der Waals surface area contributed by atoms with E-state index in [-0.39, 0.29) is 12.1 Å². The lowest BCUT2D eigenvalue weighted by Crippen LogP contribution is -2.09. The second-order valence-electron chi connectivity index (χ2n) is 4.61. The Morgan fingerprint density at radius 2 is 1.70 bits per heavy atom. The summed E-state index contributed by atoms with van der Waals surface area (Å²) in [6.45, 7) is 3.43. The molecule has 0 unspecified atom stereocenters. The van der Waals surface area contributed by atoms with Crippen LogP contribution in [0.1, 0.15) is 32.3 Å². The second kappa shape index (κ2) is 7.03. The minimum Gasteiger partial charge on any atom is -0.266 e. The summed E-state index contributed by atoms with van der Waals surface area (Å²) in [5, 5.41) is 25.7. The molecule has 0 aliphatic heterocycles. The van der Waals surface area contributed by atoms with Gasteiger partial charge in [0.05, 0.1) is 15.4 Å². The van der Waals surface area contributed by atoms with Gasteiger partial charge in [0.15, 0.2) is 0 Å². The van der Waals surface area contributed by atoms with Gasteiger partial charge in [-0.05, 0) is 13.3 Å². The zero-order valence-electron chi connectivity index (χ0n) is 12.2. The van der Waals surface area contributed by atoms with E-state index >= 15 is 0 Å². The summed E-state index contributed by atoms with van der Waals surface area (Å²) >= 11 is 0. The highest BCUT2D eigenvalue weighted by atomic mass is 19.4. The third kappa shape index (κ3) is 4.63. The van der Waals surface area contributed by atoms with Crippen molar-refractivity contribution in [2.75, 3.05) is 5.43 Å². The van der Waals surface area contributed by atoms with Gasteiger partial charge in [0.1, 0.15) is 0 Å². The van der Waals surface area contributed by atoms with E-state index < -0.39 is 38.6 Å². The number of hydrazone groups is 1. The molecule has 23 heavy (non-hydrogen) atoms. The van der Waals surface area contributed by atoms with E-state index in [1.165, 1.54) is 0 Å². The molecular formula is C12H13F3N4O4. The van der Waals surface area contributed by atoms with Crippen molar-refractivity contribution < 1.29 is 23.0 Å². The number of hydrogen-bond donors (Lipinski definition) is 1. The highest BCUT2D eigenvalue weighted by Crippen LogP contribution is 2.41. The van der Waals surface area contributed by atoms with Crippen LogP contribution in [0.2, 0.25) is 0 Å². The fraction of sp³-hybridized carbons (Fsp3) is 0.417. The zero-order chi connectivity index (χ0) is 17.8. The molecule has 0 saturated heterocycles. The number of halogens is 3. The number of nitrogens with zero attached hydrogens (tertiary/aromatic N) is 3. The molecule has 0 aliphatic rings. The standard InChI is InChI=1S/C12H13F3N4O4/c1-3-4-7(2)16-17-11-9(18(20)21)5-8(12(13,14)15)6-10(11)19(22)23/h5-6,17H,3-4H2,1-2H3/b16-7-. The van der Waals surface area contributed by atoms with Crippen molar-refractivity contribution in [1.29, 1.82) is 0 Å². The van der Waals surface area contributed by atoms with Crippen molar-refractivity contribution in [2.45, 2.75) is 32.9 Å². The summed E-state index contributed by atoms with van der Waals surface area (Å²) < 4.78 is 38.2. The zero-order valence-corrected chi connectivity index (χ0v) is 12.2. The van der Waals surface area contributed by atoms with Crippen LogP contribution in [0.25, 0.3) is 0 Å². The van der Waals surface area contributed by atoms with Crippen LogP contribution in [-0.4, -0.2) is 15.6 Å².